The lowest BCUT2D eigenvalue weighted by atomic mass is 10.1. The van der Waals surface area contributed by atoms with Crippen LogP contribution in [0.25, 0.3) is 0 Å². The SMILES string of the molecule is O=C(CCc1ccc(S(=O)(=O)N2CCCCCC2)cc1)Nc1cccc([N+](=O)[O-])c1. The topological polar surface area (TPSA) is 110 Å². The molecule has 3 rings (SSSR count). The predicted octanol–water partition coefficient (Wildman–Crippen LogP) is 3.73. The summed E-state index contributed by atoms with van der Waals surface area (Å²) in [7, 11) is -3.49. The molecule has 9 heteroatoms. The van der Waals surface area contributed by atoms with Crippen LogP contribution in [0.5, 0.6) is 0 Å². The Kier molecular flexibility index (Phi) is 7.17. The third-order valence-corrected chi connectivity index (χ3v) is 7.02. The first-order valence-corrected chi connectivity index (χ1v) is 11.4. The van der Waals surface area contributed by atoms with Crippen molar-refractivity contribution in [1.82, 2.24) is 4.31 Å². The molecule has 1 heterocycles. The number of rotatable bonds is 7. The zero-order chi connectivity index (χ0) is 21.6. The van der Waals surface area contributed by atoms with E-state index in [0.717, 1.165) is 31.2 Å². The molecule has 0 saturated carbocycles. The molecular formula is C21H25N3O5S. The molecule has 0 bridgehead atoms. The highest BCUT2D eigenvalue weighted by Gasteiger charge is 2.24. The summed E-state index contributed by atoms with van der Waals surface area (Å²) in [4.78, 5) is 22.7. The largest absolute Gasteiger partial charge is 0.326 e. The van der Waals surface area contributed by atoms with Crippen molar-refractivity contribution >= 4 is 27.3 Å². The summed E-state index contributed by atoms with van der Waals surface area (Å²) in [5.74, 6) is -0.267. The summed E-state index contributed by atoms with van der Waals surface area (Å²) < 4.78 is 27.2. The number of nitrogens with zero attached hydrogens (tertiary/aromatic N) is 2. The Morgan fingerprint density at radius 3 is 2.33 bits per heavy atom. The molecule has 1 aliphatic heterocycles. The van der Waals surface area contributed by atoms with Gasteiger partial charge in [0.2, 0.25) is 15.9 Å². The monoisotopic (exact) mass is 431 g/mol. The van der Waals surface area contributed by atoms with Gasteiger partial charge in [0.05, 0.1) is 9.82 Å². The number of hydrogen-bond acceptors (Lipinski definition) is 5. The number of amides is 1. The average Bonchev–Trinajstić information content (AvgIpc) is 3.03. The summed E-state index contributed by atoms with van der Waals surface area (Å²) in [6.45, 7) is 1.11. The number of nitro groups is 1. The van der Waals surface area contributed by atoms with Crippen LogP contribution in [0.15, 0.2) is 53.4 Å². The van der Waals surface area contributed by atoms with Crippen LogP contribution in [-0.4, -0.2) is 36.6 Å². The van der Waals surface area contributed by atoms with E-state index in [1.54, 1.807) is 34.6 Å². The Balaban J connectivity index is 1.57. The predicted molar refractivity (Wildman–Crippen MR) is 114 cm³/mol. The third-order valence-electron chi connectivity index (χ3n) is 5.11. The van der Waals surface area contributed by atoms with Gasteiger partial charge in [0.1, 0.15) is 0 Å². The quantitative estimate of drug-likeness (QED) is 0.531. The summed E-state index contributed by atoms with van der Waals surface area (Å²) >= 11 is 0. The molecule has 0 aliphatic carbocycles. The maximum absolute atomic E-state index is 12.8. The smallest absolute Gasteiger partial charge is 0.271 e. The van der Waals surface area contributed by atoms with E-state index in [-0.39, 0.29) is 22.9 Å². The first kappa shape index (κ1) is 21.9. The van der Waals surface area contributed by atoms with Crippen molar-refractivity contribution in [2.45, 2.75) is 43.4 Å². The minimum Gasteiger partial charge on any atom is -0.326 e. The normalized spacial score (nSPS) is 15.3. The Hall–Kier alpha value is -2.78. The second-order valence-corrected chi connectivity index (χ2v) is 9.26. The molecule has 0 spiro atoms. The first-order valence-electron chi connectivity index (χ1n) is 10.00. The zero-order valence-corrected chi connectivity index (χ0v) is 17.4. The number of non-ortho nitro benzene ring substituents is 1. The van der Waals surface area contributed by atoms with Crippen LogP contribution in [0.4, 0.5) is 11.4 Å². The molecule has 0 unspecified atom stereocenters. The molecule has 1 saturated heterocycles. The van der Waals surface area contributed by atoms with Crippen molar-refractivity contribution in [2.24, 2.45) is 0 Å². The van der Waals surface area contributed by atoms with Gasteiger partial charge in [0.25, 0.3) is 5.69 Å². The molecule has 8 nitrogen and oxygen atoms in total. The number of anilines is 1. The van der Waals surface area contributed by atoms with Crippen LogP contribution in [0, 0.1) is 10.1 Å². The Morgan fingerprint density at radius 1 is 1.03 bits per heavy atom. The lowest BCUT2D eigenvalue weighted by Gasteiger charge is -2.20. The van der Waals surface area contributed by atoms with E-state index in [1.807, 2.05) is 0 Å². The van der Waals surface area contributed by atoms with Gasteiger partial charge in [-0.2, -0.15) is 4.31 Å². The van der Waals surface area contributed by atoms with E-state index in [9.17, 15) is 23.3 Å². The van der Waals surface area contributed by atoms with E-state index in [1.165, 1.54) is 18.2 Å². The van der Waals surface area contributed by atoms with E-state index in [0.29, 0.717) is 25.2 Å². The van der Waals surface area contributed by atoms with Crippen molar-refractivity contribution in [1.29, 1.82) is 0 Å². The van der Waals surface area contributed by atoms with Crippen LogP contribution in [-0.2, 0) is 21.2 Å². The maximum atomic E-state index is 12.8. The van der Waals surface area contributed by atoms with E-state index >= 15 is 0 Å². The second-order valence-electron chi connectivity index (χ2n) is 7.32. The molecule has 2 aromatic rings. The maximum Gasteiger partial charge on any atom is 0.271 e. The molecule has 160 valence electrons. The van der Waals surface area contributed by atoms with Gasteiger partial charge in [-0.05, 0) is 43.0 Å². The molecule has 0 atom stereocenters. The highest BCUT2D eigenvalue weighted by Crippen LogP contribution is 2.21. The number of aryl methyl sites for hydroxylation is 1. The molecule has 2 aromatic carbocycles. The zero-order valence-electron chi connectivity index (χ0n) is 16.6. The fraction of sp³-hybridized carbons (Fsp3) is 0.381. The van der Waals surface area contributed by atoms with Gasteiger partial charge in [0.15, 0.2) is 0 Å². The third kappa shape index (κ3) is 5.64. The summed E-state index contributed by atoms with van der Waals surface area (Å²) in [6.07, 6.45) is 4.51. The van der Waals surface area contributed by atoms with Crippen LogP contribution in [0.2, 0.25) is 0 Å². The molecule has 0 aromatic heterocycles. The summed E-state index contributed by atoms with van der Waals surface area (Å²) in [5.41, 5.74) is 1.13. The first-order chi connectivity index (χ1) is 14.4. The minimum atomic E-state index is -3.49. The van der Waals surface area contributed by atoms with Crippen molar-refractivity contribution in [3.05, 3.63) is 64.2 Å². The molecular weight excluding hydrogens is 406 g/mol. The van der Waals surface area contributed by atoms with Gasteiger partial charge in [0, 0.05) is 37.3 Å². The van der Waals surface area contributed by atoms with E-state index in [4.69, 9.17) is 0 Å². The molecule has 1 amide bonds. The number of carbonyl (C=O) groups is 1. The fourth-order valence-corrected chi connectivity index (χ4v) is 4.95. The van der Waals surface area contributed by atoms with Gasteiger partial charge in [-0.15, -0.1) is 0 Å². The van der Waals surface area contributed by atoms with Crippen LogP contribution in [0.3, 0.4) is 0 Å². The number of hydrogen-bond donors (Lipinski definition) is 1. The minimum absolute atomic E-state index is 0.0889. The number of nitro benzene ring substituents is 1. The number of carbonyl (C=O) groups excluding carboxylic acids is 1. The Morgan fingerprint density at radius 2 is 1.70 bits per heavy atom. The van der Waals surface area contributed by atoms with Crippen molar-refractivity contribution in [3.63, 3.8) is 0 Å². The van der Waals surface area contributed by atoms with Crippen molar-refractivity contribution in [3.8, 4) is 0 Å². The van der Waals surface area contributed by atoms with Crippen molar-refractivity contribution < 1.29 is 18.1 Å². The Labute approximate surface area is 176 Å². The molecule has 0 radical (unpaired) electrons. The summed E-state index contributed by atoms with van der Waals surface area (Å²) in [5, 5.41) is 13.5. The Bertz CT molecular complexity index is 998. The van der Waals surface area contributed by atoms with Gasteiger partial charge in [-0.3, -0.25) is 14.9 Å². The van der Waals surface area contributed by atoms with Crippen LogP contribution >= 0.6 is 0 Å². The van der Waals surface area contributed by atoms with E-state index < -0.39 is 14.9 Å². The van der Waals surface area contributed by atoms with Crippen LogP contribution in [0.1, 0.15) is 37.7 Å². The molecule has 1 fully saturated rings. The lowest BCUT2D eigenvalue weighted by Crippen LogP contribution is -2.31. The number of benzene rings is 2. The highest BCUT2D eigenvalue weighted by atomic mass is 32.2. The average molecular weight is 432 g/mol. The summed E-state index contributed by atoms with van der Waals surface area (Å²) in [6, 6.07) is 12.4. The fourth-order valence-electron chi connectivity index (χ4n) is 3.44. The molecule has 30 heavy (non-hydrogen) atoms. The second kappa shape index (κ2) is 9.82. The van der Waals surface area contributed by atoms with Gasteiger partial charge in [-0.1, -0.05) is 31.0 Å². The van der Waals surface area contributed by atoms with Crippen molar-refractivity contribution in [2.75, 3.05) is 18.4 Å². The highest BCUT2D eigenvalue weighted by molar-refractivity contribution is 7.89. The van der Waals surface area contributed by atoms with Crippen LogP contribution < -0.4 is 5.32 Å². The molecule has 1 aliphatic rings. The lowest BCUT2D eigenvalue weighted by molar-refractivity contribution is -0.384. The standard InChI is InChI=1S/C21H25N3O5S/c25-21(22-18-6-5-7-19(16-18)24(26)27)13-10-17-8-11-20(12-9-17)30(28,29)23-14-3-1-2-4-15-23/h5-9,11-12,16H,1-4,10,13-15H2,(H,22,25). The van der Waals surface area contributed by atoms with Gasteiger partial charge in [-0.25, -0.2) is 8.42 Å². The van der Waals surface area contributed by atoms with Gasteiger partial charge < -0.3 is 5.32 Å². The number of sulfonamides is 1. The molecule has 1 N–H and O–H groups in total. The number of nitrogens with one attached hydrogen (secondary N) is 1. The van der Waals surface area contributed by atoms with E-state index in [2.05, 4.69) is 5.32 Å². The van der Waals surface area contributed by atoms with Gasteiger partial charge >= 0.3 is 0 Å².